The van der Waals surface area contributed by atoms with Crippen LogP contribution in [0.15, 0.2) is 35.0 Å². The molecular weight excluding hydrogens is 368 g/mol. The average molecular weight is 388 g/mol. The Hall–Kier alpha value is -3.55. The van der Waals surface area contributed by atoms with E-state index in [9.17, 15) is 4.79 Å². The van der Waals surface area contributed by atoms with E-state index in [2.05, 4.69) is 30.1 Å². The second-order valence-electron chi connectivity index (χ2n) is 7.33. The second-order valence-corrected chi connectivity index (χ2v) is 7.33. The van der Waals surface area contributed by atoms with Gasteiger partial charge in [-0.25, -0.2) is 4.98 Å². The predicted molar refractivity (Wildman–Crippen MR) is 107 cm³/mol. The van der Waals surface area contributed by atoms with Gasteiger partial charge in [-0.3, -0.25) is 9.20 Å². The van der Waals surface area contributed by atoms with Crippen LogP contribution in [0.2, 0.25) is 0 Å². The number of anilines is 1. The lowest BCUT2D eigenvalue weighted by molar-refractivity contribution is 0.102. The van der Waals surface area contributed by atoms with Gasteiger partial charge in [-0.15, -0.1) is 5.10 Å². The van der Waals surface area contributed by atoms with Crippen LogP contribution >= 0.6 is 0 Å². The minimum Gasteiger partial charge on any atom is -0.361 e. The van der Waals surface area contributed by atoms with Gasteiger partial charge in [0.2, 0.25) is 0 Å². The van der Waals surface area contributed by atoms with Crippen molar-refractivity contribution in [2.45, 2.75) is 39.5 Å². The van der Waals surface area contributed by atoms with Gasteiger partial charge in [-0.1, -0.05) is 17.3 Å². The Labute approximate surface area is 167 Å². The van der Waals surface area contributed by atoms with Crippen molar-refractivity contribution in [3.8, 4) is 11.3 Å². The SMILES string of the molecule is Cc1noc(C)c1C(=O)Nc1ccc(-c2cn3c4c(nnc3n2)CCCC4)cc1. The molecule has 0 atom stereocenters. The highest BCUT2D eigenvalue weighted by molar-refractivity contribution is 6.05. The normalized spacial score (nSPS) is 13.4. The molecule has 1 aromatic carbocycles. The summed E-state index contributed by atoms with van der Waals surface area (Å²) in [4.78, 5) is 17.1. The minimum atomic E-state index is -0.233. The highest BCUT2D eigenvalue weighted by Crippen LogP contribution is 2.25. The molecule has 0 fully saturated rings. The molecule has 0 spiro atoms. The maximum absolute atomic E-state index is 12.5. The summed E-state index contributed by atoms with van der Waals surface area (Å²) in [7, 11) is 0. The molecule has 8 heteroatoms. The Morgan fingerprint density at radius 2 is 1.90 bits per heavy atom. The Morgan fingerprint density at radius 3 is 2.66 bits per heavy atom. The molecule has 0 bridgehead atoms. The van der Waals surface area contributed by atoms with Crippen molar-refractivity contribution in [2.24, 2.45) is 0 Å². The molecule has 3 heterocycles. The van der Waals surface area contributed by atoms with Crippen LogP contribution in [0.3, 0.4) is 0 Å². The summed E-state index contributed by atoms with van der Waals surface area (Å²) in [6.45, 7) is 3.47. The van der Waals surface area contributed by atoms with E-state index in [-0.39, 0.29) is 5.91 Å². The lowest BCUT2D eigenvalue weighted by atomic mass is 10.0. The molecule has 0 unspecified atom stereocenters. The van der Waals surface area contributed by atoms with Crippen molar-refractivity contribution in [3.63, 3.8) is 0 Å². The molecule has 4 aromatic rings. The number of aryl methyl sites for hydroxylation is 4. The van der Waals surface area contributed by atoms with Crippen LogP contribution < -0.4 is 5.32 Å². The summed E-state index contributed by atoms with van der Waals surface area (Å²) in [5.74, 6) is 0.894. The summed E-state index contributed by atoms with van der Waals surface area (Å²) in [5, 5.41) is 15.3. The number of amides is 1. The van der Waals surface area contributed by atoms with Gasteiger partial charge in [0.05, 0.1) is 17.1 Å². The van der Waals surface area contributed by atoms with Gasteiger partial charge in [-0.05, 0) is 51.7 Å². The van der Waals surface area contributed by atoms with Gasteiger partial charge in [0.1, 0.15) is 11.3 Å². The molecule has 0 radical (unpaired) electrons. The molecule has 1 N–H and O–H groups in total. The Kier molecular flexibility index (Phi) is 4.12. The first-order valence-corrected chi connectivity index (χ1v) is 9.68. The second kappa shape index (κ2) is 6.80. The summed E-state index contributed by atoms with van der Waals surface area (Å²) in [6, 6.07) is 7.59. The summed E-state index contributed by atoms with van der Waals surface area (Å²) in [5.41, 5.74) is 5.81. The van der Waals surface area contributed by atoms with E-state index in [0.29, 0.717) is 28.5 Å². The lowest BCUT2D eigenvalue weighted by Gasteiger charge is -2.14. The molecule has 5 rings (SSSR count). The van der Waals surface area contributed by atoms with Gasteiger partial charge >= 0.3 is 0 Å². The van der Waals surface area contributed by atoms with Gasteiger partial charge in [0, 0.05) is 23.1 Å². The zero-order chi connectivity index (χ0) is 20.0. The fourth-order valence-corrected chi connectivity index (χ4v) is 3.85. The zero-order valence-electron chi connectivity index (χ0n) is 16.3. The molecule has 0 aliphatic heterocycles. The molecule has 0 saturated carbocycles. The number of imidazole rings is 1. The molecule has 146 valence electrons. The number of benzene rings is 1. The van der Waals surface area contributed by atoms with Crippen molar-refractivity contribution in [3.05, 3.63) is 58.9 Å². The number of hydrogen-bond donors (Lipinski definition) is 1. The smallest absolute Gasteiger partial charge is 0.261 e. The Bertz CT molecular complexity index is 1200. The van der Waals surface area contributed by atoms with Crippen LogP contribution in [0.4, 0.5) is 5.69 Å². The predicted octanol–water partition coefficient (Wildman–Crippen LogP) is 3.53. The van der Waals surface area contributed by atoms with Crippen LogP contribution in [-0.2, 0) is 12.8 Å². The Balaban J connectivity index is 1.41. The van der Waals surface area contributed by atoms with Crippen LogP contribution in [0.25, 0.3) is 17.0 Å². The molecule has 1 amide bonds. The summed E-state index contributed by atoms with van der Waals surface area (Å²) < 4.78 is 7.13. The van der Waals surface area contributed by atoms with Crippen LogP contribution in [0.5, 0.6) is 0 Å². The van der Waals surface area contributed by atoms with E-state index < -0.39 is 0 Å². The molecular formula is C21H20N6O2. The third-order valence-corrected chi connectivity index (χ3v) is 5.35. The molecule has 3 aromatic heterocycles. The maximum atomic E-state index is 12.5. The number of hydrogen-bond acceptors (Lipinski definition) is 6. The van der Waals surface area contributed by atoms with Crippen LogP contribution in [0.1, 0.15) is 46.0 Å². The maximum Gasteiger partial charge on any atom is 0.261 e. The highest BCUT2D eigenvalue weighted by atomic mass is 16.5. The van der Waals surface area contributed by atoms with Crippen molar-refractivity contribution in [1.82, 2.24) is 24.7 Å². The number of rotatable bonds is 3. The third kappa shape index (κ3) is 3.06. The van der Waals surface area contributed by atoms with Gasteiger partial charge in [0.25, 0.3) is 11.7 Å². The standard InChI is InChI=1S/C21H20N6O2/c1-12-19(13(2)29-26-12)20(28)22-15-9-7-14(8-10-15)17-11-27-18-6-4-3-5-16(18)24-25-21(27)23-17/h7-11H,3-6H2,1-2H3,(H,22,28). The summed E-state index contributed by atoms with van der Waals surface area (Å²) in [6.07, 6.45) is 6.33. The zero-order valence-corrected chi connectivity index (χ0v) is 16.3. The number of aromatic nitrogens is 5. The Morgan fingerprint density at radius 1 is 1.10 bits per heavy atom. The monoisotopic (exact) mass is 388 g/mol. The topological polar surface area (TPSA) is 98.2 Å². The van der Waals surface area contributed by atoms with Crippen LogP contribution in [-0.4, -0.2) is 30.6 Å². The highest BCUT2D eigenvalue weighted by Gasteiger charge is 2.19. The minimum absolute atomic E-state index is 0.233. The molecule has 29 heavy (non-hydrogen) atoms. The van der Waals surface area contributed by atoms with Crippen molar-refractivity contribution < 1.29 is 9.32 Å². The number of nitrogens with zero attached hydrogens (tertiary/aromatic N) is 5. The van der Waals surface area contributed by atoms with E-state index >= 15 is 0 Å². The average Bonchev–Trinajstić information content (AvgIpc) is 3.32. The van der Waals surface area contributed by atoms with E-state index in [1.807, 2.05) is 30.5 Å². The number of fused-ring (bicyclic) bond motifs is 3. The fraction of sp³-hybridized carbons (Fsp3) is 0.286. The first kappa shape index (κ1) is 17.5. The largest absolute Gasteiger partial charge is 0.361 e. The first-order valence-electron chi connectivity index (χ1n) is 9.68. The lowest BCUT2D eigenvalue weighted by Crippen LogP contribution is -2.13. The number of carbonyl (C=O) groups excluding carboxylic acids is 1. The van der Waals surface area contributed by atoms with Crippen molar-refractivity contribution >= 4 is 17.4 Å². The molecule has 8 nitrogen and oxygen atoms in total. The molecule has 1 aliphatic carbocycles. The number of carbonyl (C=O) groups is 1. The quantitative estimate of drug-likeness (QED) is 0.576. The van der Waals surface area contributed by atoms with Gasteiger partial charge < -0.3 is 9.84 Å². The summed E-state index contributed by atoms with van der Waals surface area (Å²) >= 11 is 0. The van der Waals surface area contributed by atoms with Crippen molar-refractivity contribution in [2.75, 3.05) is 5.32 Å². The van der Waals surface area contributed by atoms with E-state index in [1.54, 1.807) is 13.8 Å². The van der Waals surface area contributed by atoms with E-state index in [1.165, 1.54) is 12.1 Å². The van der Waals surface area contributed by atoms with Crippen molar-refractivity contribution in [1.29, 1.82) is 0 Å². The van der Waals surface area contributed by atoms with Crippen LogP contribution in [0, 0.1) is 13.8 Å². The van der Waals surface area contributed by atoms with Gasteiger partial charge in [0.15, 0.2) is 0 Å². The molecule has 1 aliphatic rings. The van der Waals surface area contributed by atoms with E-state index in [0.717, 1.165) is 36.2 Å². The van der Waals surface area contributed by atoms with Gasteiger partial charge in [-0.2, -0.15) is 5.10 Å². The fourth-order valence-electron chi connectivity index (χ4n) is 3.85. The third-order valence-electron chi connectivity index (χ3n) is 5.35. The van der Waals surface area contributed by atoms with E-state index in [4.69, 9.17) is 4.52 Å². The molecule has 0 saturated heterocycles. The first-order chi connectivity index (χ1) is 14.1. The number of nitrogens with one attached hydrogen (secondary N) is 1.